The summed E-state index contributed by atoms with van der Waals surface area (Å²) in [6, 6.07) is 10.3. The van der Waals surface area contributed by atoms with E-state index in [0.29, 0.717) is 29.5 Å². The normalized spacial score (nSPS) is 16.6. The molecule has 0 saturated heterocycles. The molecule has 1 aliphatic carbocycles. The molecule has 136 valence electrons. The maximum atomic E-state index is 13.2. The Balaban J connectivity index is 2.06. The number of hydrogen-bond donors (Lipinski definition) is 1. The highest BCUT2D eigenvalue weighted by molar-refractivity contribution is 7.91. The quantitative estimate of drug-likeness (QED) is 0.823. The third kappa shape index (κ3) is 3.48. The number of terminal acetylenes is 1. The van der Waals surface area contributed by atoms with Crippen LogP contribution in [0, 0.1) is 12.3 Å². The minimum atomic E-state index is -3.65. The molecule has 0 heterocycles. The molecule has 0 radical (unpaired) electrons. The van der Waals surface area contributed by atoms with Gasteiger partial charge in [0.25, 0.3) is 0 Å². The third-order valence-corrected chi connectivity index (χ3v) is 6.67. The summed E-state index contributed by atoms with van der Waals surface area (Å²) in [5.41, 5.74) is 8.86. The molecule has 0 unspecified atom stereocenters. The minimum absolute atomic E-state index is 0.202. The van der Waals surface area contributed by atoms with E-state index in [9.17, 15) is 8.42 Å². The van der Waals surface area contributed by atoms with Crippen LogP contribution in [0.1, 0.15) is 35.4 Å². The van der Waals surface area contributed by atoms with Crippen molar-refractivity contribution in [3.05, 3.63) is 53.1 Å². The van der Waals surface area contributed by atoms with Crippen molar-refractivity contribution in [3.63, 3.8) is 0 Å². The third-order valence-electron chi connectivity index (χ3n) is 4.94. The second-order valence-corrected chi connectivity index (χ2v) is 8.54. The molecule has 3 rings (SSSR count). The minimum Gasteiger partial charge on any atom is -0.497 e. The van der Waals surface area contributed by atoms with Gasteiger partial charge < -0.3 is 10.5 Å². The molecular weight excluding hydrogens is 346 g/mol. The van der Waals surface area contributed by atoms with Crippen LogP contribution in [0.15, 0.2) is 46.2 Å². The van der Waals surface area contributed by atoms with E-state index in [1.165, 1.54) is 18.7 Å². The van der Waals surface area contributed by atoms with E-state index >= 15 is 0 Å². The first-order valence-corrected chi connectivity index (χ1v) is 10.2. The summed E-state index contributed by atoms with van der Waals surface area (Å²) in [5.74, 6) is 3.34. The number of fused-ring (bicyclic) bond motifs is 1. The van der Waals surface area contributed by atoms with Crippen LogP contribution in [0.4, 0.5) is 0 Å². The van der Waals surface area contributed by atoms with Gasteiger partial charge >= 0.3 is 0 Å². The second-order valence-electron chi connectivity index (χ2n) is 6.59. The molecule has 2 N–H and O–H groups in total. The Hall–Kier alpha value is -2.29. The fourth-order valence-corrected chi connectivity index (χ4v) is 4.96. The smallest absolute Gasteiger partial charge is 0.206 e. The van der Waals surface area contributed by atoms with Gasteiger partial charge in [0.2, 0.25) is 9.84 Å². The van der Waals surface area contributed by atoms with Gasteiger partial charge in [-0.1, -0.05) is 6.07 Å². The van der Waals surface area contributed by atoms with Gasteiger partial charge in [-0.05, 0) is 78.7 Å². The molecule has 0 bridgehead atoms. The van der Waals surface area contributed by atoms with Crippen LogP contribution in [-0.4, -0.2) is 22.1 Å². The SMILES string of the molecule is C#CCc1cc(OC)cc(S(=O)(=O)c2ccc3c(c2)CCC[C@H]3CN)c1. The van der Waals surface area contributed by atoms with Crippen molar-refractivity contribution in [2.45, 2.75) is 41.4 Å². The van der Waals surface area contributed by atoms with Crippen LogP contribution in [0.2, 0.25) is 0 Å². The lowest BCUT2D eigenvalue weighted by Gasteiger charge is -2.24. The van der Waals surface area contributed by atoms with Gasteiger partial charge in [-0.3, -0.25) is 0 Å². The van der Waals surface area contributed by atoms with Crippen molar-refractivity contribution >= 4 is 9.84 Å². The van der Waals surface area contributed by atoms with Gasteiger partial charge in [-0.25, -0.2) is 8.42 Å². The monoisotopic (exact) mass is 369 g/mol. The number of ether oxygens (including phenoxy) is 1. The second kappa shape index (κ2) is 7.53. The van der Waals surface area contributed by atoms with Crippen LogP contribution in [-0.2, 0) is 22.7 Å². The largest absolute Gasteiger partial charge is 0.497 e. The van der Waals surface area contributed by atoms with Crippen molar-refractivity contribution in [1.82, 2.24) is 0 Å². The predicted molar refractivity (Wildman–Crippen MR) is 102 cm³/mol. The average molecular weight is 369 g/mol. The summed E-state index contributed by atoms with van der Waals surface area (Å²) < 4.78 is 31.6. The highest BCUT2D eigenvalue weighted by Gasteiger charge is 2.24. The molecule has 4 nitrogen and oxygen atoms in total. The Labute approximate surface area is 155 Å². The molecule has 0 spiro atoms. The highest BCUT2D eigenvalue weighted by Crippen LogP contribution is 2.34. The topological polar surface area (TPSA) is 69.4 Å². The first kappa shape index (κ1) is 18.5. The lowest BCUT2D eigenvalue weighted by molar-refractivity contribution is 0.413. The van der Waals surface area contributed by atoms with E-state index in [0.717, 1.165) is 30.4 Å². The van der Waals surface area contributed by atoms with Gasteiger partial charge in [0, 0.05) is 6.42 Å². The van der Waals surface area contributed by atoms with Gasteiger partial charge in [0.1, 0.15) is 5.75 Å². The highest BCUT2D eigenvalue weighted by atomic mass is 32.2. The maximum absolute atomic E-state index is 13.2. The Morgan fingerprint density at radius 1 is 1.23 bits per heavy atom. The molecular formula is C21H23NO3S. The van der Waals surface area contributed by atoms with Crippen molar-refractivity contribution in [3.8, 4) is 18.1 Å². The van der Waals surface area contributed by atoms with Crippen LogP contribution in [0.25, 0.3) is 0 Å². The number of methoxy groups -OCH3 is 1. The first-order chi connectivity index (χ1) is 12.5. The summed E-state index contributed by atoms with van der Waals surface area (Å²) in [5, 5.41) is 0. The van der Waals surface area contributed by atoms with Crippen LogP contribution in [0.5, 0.6) is 5.75 Å². The van der Waals surface area contributed by atoms with E-state index in [1.807, 2.05) is 6.07 Å². The standard InChI is InChI=1S/C21H23NO3S/c1-3-5-15-10-18(25-2)13-20(11-15)26(23,24)19-8-9-21-16(12-19)6-4-7-17(21)14-22/h1,8-13,17H,4-7,14,22H2,2H3/t17-/m0/s1. The number of nitrogens with two attached hydrogens (primary N) is 1. The average Bonchev–Trinajstić information content (AvgIpc) is 2.66. The first-order valence-electron chi connectivity index (χ1n) is 8.69. The molecule has 26 heavy (non-hydrogen) atoms. The molecule has 0 amide bonds. The van der Waals surface area contributed by atoms with Crippen LogP contribution in [0.3, 0.4) is 0 Å². The Morgan fingerprint density at radius 2 is 2.04 bits per heavy atom. The lowest BCUT2D eigenvalue weighted by atomic mass is 9.83. The summed E-state index contributed by atoms with van der Waals surface area (Å²) >= 11 is 0. The molecule has 5 heteroatoms. The van der Waals surface area contributed by atoms with Gasteiger partial charge in [0.05, 0.1) is 16.9 Å². The number of benzene rings is 2. The molecule has 0 aromatic heterocycles. The van der Waals surface area contributed by atoms with Crippen LogP contribution >= 0.6 is 0 Å². The summed E-state index contributed by atoms with van der Waals surface area (Å²) in [6.07, 6.45) is 8.70. The van der Waals surface area contributed by atoms with Crippen molar-refractivity contribution in [2.24, 2.45) is 5.73 Å². The summed E-state index contributed by atoms with van der Waals surface area (Å²) in [7, 11) is -2.14. The molecule has 2 aromatic carbocycles. The molecule has 1 atom stereocenters. The zero-order valence-corrected chi connectivity index (χ0v) is 15.7. The fraction of sp³-hybridized carbons (Fsp3) is 0.333. The predicted octanol–water partition coefficient (Wildman–Crippen LogP) is 3.08. The molecule has 0 fully saturated rings. The summed E-state index contributed by atoms with van der Waals surface area (Å²) in [4.78, 5) is 0.502. The van der Waals surface area contributed by atoms with Crippen LogP contribution < -0.4 is 10.5 Å². The number of sulfone groups is 1. The van der Waals surface area contributed by atoms with E-state index in [-0.39, 0.29) is 4.90 Å². The van der Waals surface area contributed by atoms with Gasteiger partial charge in [0.15, 0.2) is 0 Å². The maximum Gasteiger partial charge on any atom is 0.206 e. The van der Waals surface area contributed by atoms with E-state index in [2.05, 4.69) is 5.92 Å². The fourth-order valence-electron chi connectivity index (χ4n) is 3.56. The number of hydrogen-bond acceptors (Lipinski definition) is 4. The van der Waals surface area contributed by atoms with E-state index < -0.39 is 9.84 Å². The van der Waals surface area contributed by atoms with E-state index in [4.69, 9.17) is 16.9 Å². The van der Waals surface area contributed by atoms with Crippen molar-refractivity contribution in [2.75, 3.05) is 13.7 Å². The van der Waals surface area contributed by atoms with E-state index in [1.54, 1.807) is 24.3 Å². The molecule has 0 saturated carbocycles. The van der Waals surface area contributed by atoms with Crippen molar-refractivity contribution < 1.29 is 13.2 Å². The van der Waals surface area contributed by atoms with Gasteiger partial charge in [-0.2, -0.15) is 0 Å². The lowest BCUT2D eigenvalue weighted by Crippen LogP contribution is -2.18. The zero-order valence-electron chi connectivity index (χ0n) is 14.9. The number of rotatable bonds is 5. The molecule has 1 aliphatic rings. The molecule has 2 aromatic rings. The Kier molecular flexibility index (Phi) is 5.36. The van der Waals surface area contributed by atoms with Crippen molar-refractivity contribution in [1.29, 1.82) is 0 Å². The van der Waals surface area contributed by atoms with Gasteiger partial charge in [-0.15, -0.1) is 12.3 Å². The Bertz CT molecular complexity index is 958. The molecule has 0 aliphatic heterocycles. The summed E-state index contributed by atoms with van der Waals surface area (Å²) in [6.45, 7) is 0.588. The number of aryl methyl sites for hydroxylation is 1. The Morgan fingerprint density at radius 3 is 2.73 bits per heavy atom. The zero-order chi connectivity index (χ0) is 18.7.